The molecule has 0 aliphatic heterocycles. The lowest BCUT2D eigenvalue weighted by Gasteiger charge is -2.03. The highest BCUT2D eigenvalue weighted by molar-refractivity contribution is 7.16. The minimum Gasteiger partial charge on any atom is -0.478 e. The molecule has 2 rings (SSSR count). The number of hydrogen-bond donors (Lipinski definition) is 2. The highest BCUT2D eigenvalue weighted by Gasteiger charge is 2.22. The molecule has 2 N–H and O–H groups in total. The van der Waals surface area contributed by atoms with Crippen LogP contribution in [0.3, 0.4) is 0 Å². The lowest BCUT2D eigenvalue weighted by molar-refractivity contribution is 0.0697. The zero-order chi connectivity index (χ0) is 14.9. The van der Waals surface area contributed by atoms with E-state index < -0.39 is 5.97 Å². The maximum Gasteiger partial charge on any atom is 0.339 e. The van der Waals surface area contributed by atoms with Crippen molar-refractivity contribution in [1.29, 1.82) is 0 Å². The van der Waals surface area contributed by atoms with Crippen LogP contribution in [-0.4, -0.2) is 26.8 Å². The molecule has 20 heavy (non-hydrogen) atoms. The Kier molecular flexibility index (Phi) is 3.89. The Balaban J connectivity index is 2.34. The molecule has 0 spiro atoms. The van der Waals surface area contributed by atoms with Crippen LogP contribution in [0.4, 0.5) is 5.00 Å². The molecular formula is C13H15N3O3S. The standard InChI is InChI=1S/C13H15N3O3S/c1-4-9-7(2)20-12(10(9)13(18)19)15-11(17)8-5-14-16(3)6-8/h5-6H,4H2,1-3H3,(H,15,17)(H,18,19). The molecule has 7 heteroatoms. The van der Waals surface area contributed by atoms with E-state index in [1.165, 1.54) is 22.2 Å². The first-order valence-corrected chi connectivity index (χ1v) is 6.91. The second kappa shape index (κ2) is 5.46. The van der Waals surface area contributed by atoms with E-state index in [2.05, 4.69) is 10.4 Å². The van der Waals surface area contributed by atoms with Crippen LogP contribution < -0.4 is 5.32 Å². The number of rotatable bonds is 4. The molecule has 0 aliphatic rings. The Morgan fingerprint density at radius 2 is 2.20 bits per heavy atom. The fraction of sp³-hybridized carbons (Fsp3) is 0.308. The van der Waals surface area contributed by atoms with Gasteiger partial charge >= 0.3 is 5.97 Å². The number of nitrogens with zero attached hydrogens (tertiary/aromatic N) is 2. The zero-order valence-corrected chi connectivity index (χ0v) is 12.2. The monoisotopic (exact) mass is 293 g/mol. The number of anilines is 1. The number of carboxylic acid groups (broad SMARTS) is 1. The molecule has 0 fully saturated rings. The van der Waals surface area contributed by atoms with E-state index in [9.17, 15) is 14.7 Å². The van der Waals surface area contributed by atoms with Crippen molar-refractivity contribution in [2.45, 2.75) is 20.3 Å². The number of carboxylic acids is 1. The second-order valence-electron chi connectivity index (χ2n) is 4.36. The molecule has 6 nitrogen and oxygen atoms in total. The van der Waals surface area contributed by atoms with Crippen LogP contribution in [0.5, 0.6) is 0 Å². The van der Waals surface area contributed by atoms with Crippen molar-refractivity contribution in [1.82, 2.24) is 9.78 Å². The van der Waals surface area contributed by atoms with Gasteiger partial charge < -0.3 is 10.4 Å². The van der Waals surface area contributed by atoms with Crippen LogP contribution in [0.1, 0.15) is 38.1 Å². The number of aromatic nitrogens is 2. The maximum atomic E-state index is 12.1. The summed E-state index contributed by atoms with van der Waals surface area (Å²) in [7, 11) is 1.71. The molecule has 0 aliphatic carbocycles. The van der Waals surface area contributed by atoms with Crippen molar-refractivity contribution in [3.8, 4) is 0 Å². The molecule has 2 aromatic rings. The van der Waals surface area contributed by atoms with E-state index in [1.54, 1.807) is 13.2 Å². The van der Waals surface area contributed by atoms with Crippen LogP contribution in [0.15, 0.2) is 12.4 Å². The lowest BCUT2D eigenvalue weighted by Crippen LogP contribution is -2.13. The SMILES string of the molecule is CCc1c(C)sc(NC(=O)c2cnn(C)c2)c1C(=O)O. The van der Waals surface area contributed by atoms with E-state index in [-0.39, 0.29) is 11.5 Å². The third-order valence-electron chi connectivity index (χ3n) is 2.97. The summed E-state index contributed by atoms with van der Waals surface area (Å²) in [6, 6.07) is 0. The number of aryl methyl sites for hydroxylation is 2. The summed E-state index contributed by atoms with van der Waals surface area (Å²) in [4.78, 5) is 24.3. The summed E-state index contributed by atoms with van der Waals surface area (Å²) in [5.74, 6) is -1.38. The summed E-state index contributed by atoms with van der Waals surface area (Å²) in [5.41, 5.74) is 1.35. The molecule has 2 heterocycles. The number of nitrogens with one attached hydrogen (secondary N) is 1. The van der Waals surface area contributed by atoms with Gasteiger partial charge in [-0.15, -0.1) is 11.3 Å². The average molecular weight is 293 g/mol. The van der Waals surface area contributed by atoms with E-state index >= 15 is 0 Å². The number of amides is 1. The largest absolute Gasteiger partial charge is 0.478 e. The molecule has 0 saturated carbocycles. The van der Waals surface area contributed by atoms with Crippen molar-refractivity contribution >= 4 is 28.2 Å². The van der Waals surface area contributed by atoms with Crippen LogP contribution in [0.2, 0.25) is 0 Å². The average Bonchev–Trinajstić information content (AvgIpc) is 2.92. The van der Waals surface area contributed by atoms with Gasteiger partial charge in [-0.05, 0) is 18.9 Å². The first-order chi connectivity index (χ1) is 9.43. The summed E-state index contributed by atoms with van der Waals surface area (Å²) < 4.78 is 1.52. The quantitative estimate of drug-likeness (QED) is 0.906. The molecule has 0 unspecified atom stereocenters. The van der Waals surface area contributed by atoms with Gasteiger partial charge in [0.2, 0.25) is 0 Å². The maximum absolute atomic E-state index is 12.1. The summed E-state index contributed by atoms with van der Waals surface area (Å²) in [5, 5.41) is 16.3. The Morgan fingerprint density at radius 1 is 1.50 bits per heavy atom. The van der Waals surface area contributed by atoms with Gasteiger partial charge in [-0.25, -0.2) is 4.79 Å². The van der Waals surface area contributed by atoms with E-state index in [4.69, 9.17) is 0 Å². The normalized spacial score (nSPS) is 10.6. The number of carbonyl (C=O) groups is 2. The topological polar surface area (TPSA) is 84.2 Å². The van der Waals surface area contributed by atoms with Gasteiger partial charge in [-0.1, -0.05) is 6.92 Å². The van der Waals surface area contributed by atoms with Gasteiger partial charge in [0, 0.05) is 18.1 Å². The van der Waals surface area contributed by atoms with Crippen molar-refractivity contribution in [3.05, 3.63) is 34.0 Å². The highest BCUT2D eigenvalue weighted by Crippen LogP contribution is 2.33. The summed E-state index contributed by atoms with van der Waals surface area (Å²) in [6.07, 6.45) is 3.64. The number of thiophene rings is 1. The second-order valence-corrected chi connectivity index (χ2v) is 5.58. The van der Waals surface area contributed by atoms with Crippen molar-refractivity contribution < 1.29 is 14.7 Å². The van der Waals surface area contributed by atoms with E-state index in [1.807, 2.05) is 13.8 Å². The summed E-state index contributed by atoms with van der Waals surface area (Å²) >= 11 is 1.28. The van der Waals surface area contributed by atoms with Crippen LogP contribution in [-0.2, 0) is 13.5 Å². The predicted octanol–water partition coefficient (Wildman–Crippen LogP) is 2.30. The third-order valence-corrected chi connectivity index (χ3v) is 4.03. The fourth-order valence-electron chi connectivity index (χ4n) is 2.03. The Bertz CT molecular complexity index is 672. The molecule has 2 aromatic heterocycles. The van der Waals surface area contributed by atoms with Crippen LogP contribution in [0, 0.1) is 6.92 Å². The van der Waals surface area contributed by atoms with Gasteiger partial charge in [0.1, 0.15) is 5.00 Å². The Morgan fingerprint density at radius 3 is 2.70 bits per heavy atom. The van der Waals surface area contributed by atoms with E-state index in [0.29, 0.717) is 17.0 Å². The van der Waals surface area contributed by atoms with Crippen molar-refractivity contribution in [2.24, 2.45) is 7.05 Å². The lowest BCUT2D eigenvalue weighted by atomic mass is 10.1. The minimum atomic E-state index is -1.02. The molecule has 0 radical (unpaired) electrons. The minimum absolute atomic E-state index is 0.187. The van der Waals surface area contributed by atoms with Crippen molar-refractivity contribution in [2.75, 3.05) is 5.32 Å². The van der Waals surface area contributed by atoms with Gasteiger partial charge in [-0.3, -0.25) is 9.48 Å². The predicted molar refractivity (Wildman–Crippen MR) is 76.6 cm³/mol. The van der Waals surface area contributed by atoms with Gasteiger partial charge in [0.25, 0.3) is 5.91 Å². The smallest absolute Gasteiger partial charge is 0.339 e. The number of aromatic carboxylic acids is 1. The van der Waals surface area contributed by atoms with Crippen LogP contribution in [0.25, 0.3) is 0 Å². The van der Waals surface area contributed by atoms with Crippen LogP contribution >= 0.6 is 11.3 Å². The number of hydrogen-bond acceptors (Lipinski definition) is 4. The molecule has 1 amide bonds. The molecule has 0 saturated heterocycles. The molecule has 106 valence electrons. The first-order valence-electron chi connectivity index (χ1n) is 6.09. The van der Waals surface area contributed by atoms with Gasteiger partial charge in [0.05, 0.1) is 17.3 Å². The third kappa shape index (κ3) is 2.57. The summed E-state index contributed by atoms with van der Waals surface area (Å²) in [6.45, 7) is 3.75. The highest BCUT2D eigenvalue weighted by atomic mass is 32.1. The molecule has 0 bridgehead atoms. The number of carbonyl (C=O) groups excluding carboxylic acids is 1. The fourth-order valence-corrected chi connectivity index (χ4v) is 3.16. The Labute approximate surface area is 120 Å². The molecule has 0 atom stereocenters. The van der Waals surface area contributed by atoms with Gasteiger partial charge in [0.15, 0.2) is 0 Å². The van der Waals surface area contributed by atoms with Gasteiger partial charge in [-0.2, -0.15) is 5.10 Å². The van der Waals surface area contributed by atoms with Crippen molar-refractivity contribution in [3.63, 3.8) is 0 Å². The zero-order valence-electron chi connectivity index (χ0n) is 11.4. The molecular weight excluding hydrogens is 278 g/mol. The Hall–Kier alpha value is -2.15. The molecule has 0 aromatic carbocycles. The van der Waals surface area contributed by atoms with E-state index in [0.717, 1.165) is 10.4 Å². The first kappa shape index (κ1) is 14.3.